The molecule has 2 aromatic rings. The number of benzene rings is 1. The maximum atomic E-state index is 12.6. The van der Waals surface area contributed by atoms with Crippen LogP contribution in [-0.2, 0) is 6.54 Å². The molecule has 0 aliphatic heterocycles. The summed E-state index contributed by atoms with van der Waals surface area (Å²) >= 11 is 0. The van der Waals surface area contributed by atoms with Crippen LogP contribution in [0.2, 0.25) is 0 Å². The molecule has 0 bridgehead atoms. The highest BCUT2D eigenvalue weighted by Crippen LogP contribution is 2.04. The number of nitrogens with zero attached hydrogens (tertiary/aromatic N) is 3. The van der Waals surface area contributed by atoms with Crippen LogP contribution in [0.3, 0.4) is 0 Å². The minimum absolute atomic E-state index is 0.109. The van der Waals surface area contributed by atoms with Gasteiger partial charge in [-0.05, 0) is 17.7 Å². The predicted octanol–water partition coefficient (Wildman–Crippen LogP) is 1.16. The number of rotatable bonds is 3. The van der Waals surface area contributed by atoms with E-state index in [2.05, 4.69) is 10.3 Å². The highest BCUT2D eigenvalue weighted by molar-refractivity contribution is 5.84. The van der Waals surface area contributed by atoms with Crippen molar-refractivity contribution in [1.29, 1.82) is 0 Å². The Labute approximate surface area is 90.1 Å². The number of hydrogen-bond acceptors (Lipinski definition) is 3. The first-order chi connectivity index (χ1) is 7.65. The summed E-state index contributed by atoms with van der Waals surface area (Å²) in [6.07, 6.45) is 1.33. The van der Waals surface area contributed by atoms with Crippen LogP contribution in [-0.4, -0.2) is 26.1 Å². The molecule has 1 aromatic heterocycles. The average Bonchev–Trinajstić information content (AvgIpc) is 2.70. The standard InChI is InChI=1S/C10H8FN3O2/c11-8-3-1-7(2-4-8)5-14-6-9(10(15)16)12-13-14/h1-4,6H,5H2,(H,15,16). The SMILES string of the molecule is O=C(O)c1cn(Cc2ccc(F)cc2)nn1. The maximum absolute atomic E-state index is 12.6. The Hall–Kier alpha value is -2.24. The van der Waals surface area contributed by atoms with Crippen molar-refractivity contribution in [2.45, 2.75) is 6.54 Å². The predicted molar refractivity (Wildman–Crippen MR) is 52.5 cm³/mol. The highest BCUT2D eigenvalue weighted by atomic mass is 19.1. The van der Waals surface area contributed by atoms with Crippen molar-refractivity contribution in [3.63, 3.8) is 0 Å². The van der Waals surface area contributed by atoms with E-state index in [-0.39, 0.29) is 11.5 Å². The Morgan fingerprint density at radius 2 is 2.06 bits per heavy atom. The summed E-state index contributed by atoms with van der Waals surface area (Å²) in [5.41, 5.74) is 0.713. The summed E-state index contributed by atoms with van der Waals surface area (Å²) in [5, 5.41) is 15.8. The van der Waals surface area contributed by atoms with E-state index in [4.69, 9.17) is 5.11 Å². The maximum Gasteiger partial charge on any atom is 0.358 e. The zero-order valence-electron chi connectivity index (χ0n) is 8.17. The van der Waals surface area contributed by atoms with Crippen molar-refractivity contribution in [3.05, 3.63) is 47.5 Å². The van der Waals surface area contributed by atoms with E-state index in [1.807, 2.05) is 0 Å². The quantitative estimate of drug-likeness (QED) is 0.844. The van der Waals surface area contributed by atoms with Crippen molar-refractivity contribution in [2.75, 3.05) is 0 Å². The van der Waals surface area contributed by atoms with E-state index in [0.717, 1.165) is 5.56 Å². The van der Waals surface area contributed by atoms with Gasteiger partial charge < -0.3 is 5.11 Å². The van der Waals surface area contributed by atoms with E-state index in [9.17, 15) is 9.18 Å². The zero-order valence-corrected chi connectivity index (χ0v) is 8.17. The molecule has 1 N–H and O–H groups in total. The second-order valence-corrected chi connectivity index (χ2v) is 3.23. The van der Waals surface area contributed by atoms with E-state index < -0.39 is 5.97 Å². The Morgan fingerprint density at radius 1 is 1.38 bits per heavy atom. The first kappa shape index (κ1) is 10.3. The Morgan fingerprint density at radius 3 is 2.62 bits per heavy atom. The molecular formula is C10H8FN3O2. The van der Waals surface area contributed by atoms with E-state index in [1.165, 1.54) is 23.0 Å². The molecule has 16 heavy (non-hydrogen) atoms. The largest absolute Gasteiger partial charge is 0.476 e. The molecule has 0 atom stereocenters. The third-order valence-electron chi connectivity index (χ3n) is 2.02. The molecule has 0 spiro atoms. The smallest absolute Gasteiger partial charge is 0.358 e. The van der Waals surface area contributed by atoms with Crippen LogP contribution in [0.1, 0.15) is 16.1 Å². The van der Waals surface area contributed by atoms with E-state index in [1.54, 1.807) is 12.1 Å². The molecule has 1 heterocycles. The monoisotopic (exact) mass is 221 g/mol. The Balaban J connectivity index is 2.14. The summed E-state index contributed by atoms with van der Waals surface area (Å²) in [6, 6.07) is 5.89. The molecule has 0 fully saturated rings. The van der Waals surface area contributed by atoms with Gasteiger partial charge in [-0.15, -0.1) is 5.10 Å². The molecule has 0 unspecified atom stereocenters. The first-order valence-electron chi connectivity index (χ1n) is 4.53. The molecule has 0 saturated heterocycles. The fraction of sp³-hybridized carbons (Fsp3) is 0.100. The topological polar surface area (TPSA) is 68.0 Å². The first-order valence-corrected chi connectivity index (χ1v) is 4.53. The number of aromatic nitrogens is 3. The van der Waals surface area contributed by atoms with Crippen molar-refractivity contribution in [3.8, 4) is 0 Å². The van der Waals surface area contributed by atoms with Crippen LogP contribution < -0.4 is 0 Å². The van der Waals surface area contributed by atoms with Crippen LogP contribution in [0.4, 0.5) is 4.39 Å². The van der Waals surface area contributed by atoms with Gasteiger partial charge in [-0.2, -0.15) is 0 Å². The molecule has 6 heteroatoms. The molecule has 0 radical (unpaired) electrons. The second kappa shape index (κ2) is 4.09. The molecular weight excluding hydrogens is 213 g/mol. The van der Waals surface area contributed by atoms with Gasteiger partial charge >= 0.3 is 5.97 Å². The summed E-state index contributed by atoms with van der Waals surface area (Å²) in [7, 11) is 0. The minimum Gasteiger partial charge on any atom is -0.476 e. The van der Waals surface area contributed by atoms with E-state index >= 15 is 0 Å². The fourth-order valence-corrected chi connectivity index (χ4v) is 1.25. The molecule has 0 amide bonds. The molecule has 0 aliphatic carbocycles. The number of carboxylic acids is 1. The molecule has 0 saturated carbocycles. The van der Waals surface area contributed by atoms with Gasteiger partial charge in [0.2, 0.25) is 0 Å². The summed E-state index contributed by atoms with van der Waals surface area (Å²) in [4.78, 5) is 10.5. The van der Waals surface area contributed by atoms with Crippen LogP contribution in [0.25, 0.3) is 0 Å². The van der Waals surface area contributed by atoms with Gasteiger partial charge in [0, 0.05) is 0 Å². The molecule has 2 rings (SSSR count). The van der Waals surface area contributed by atoms with Gasteiger partial charge in [0.25, 0.3) is 0 Å². The van der Waals surface area contributed by atoms with Crippen molar-refractivity contribution in [1.82, 2.24) is 15.0 Å². The van der Waals surface area contributed by atoms with Crippen LogP contribution >= 0.6 is 0 Å². The summed E-state index contributed by atoms with van der Waals surface area (Å²) in [5.74, 6) is -1.43. The number of aromatic carboxylic acids is 1. The Kier molecular flexibility index (Phi) is 2.63. The van der Waals surface area contributed by atoms with Gasteiger partial charge in [-0.25, -0.2) is 13.9 Å². The van der Waals surface area contributed by atoms with Gasteiger partial charge in [0.15, 0.2) is 5.69 Å². The highest BCUT2D eigenvalue weighted by Gasteiger charge is 2.08. The number of halogens is 1. The molecule has 82 valence electrons. The number of carbonyl (C=O) groups is 1. The van der Waals surface area contributed by atoms with Crippen LogP contribution in [0, 0.1) is 5.82 Å². The molecule has 5 nitrogen and oxygen atoms in total. The summed E-state index contributed by atoms with van der Waals surface area (Å²) in [6.45, 7) is 0.362. The zero-order chi connectivity index (χ0) is 11.5. The lowest BCUT2D eigenvalue weighted by molar-refractivity contribution is 0.0690. The van der Waals surface area contributed by atoms with Crippen molar-refractivity contribution < 1.29 is 14.3 Å². The lowest BCUT2D eigenvalue weighted by Crippen LogP contribution is -2.00. The van der Waals surface area contributed by atoms with Crippen LogP contribution in [0.15, 0.2) is 30.5 Å². The van der Waals surface area contributed by atoms with Gasteiger partial charge in [0.05, 0.1) is 12.7 Å². The number of hydrogen-bond donors (Lipinski definition) is 1. The third kappa shape index (κ3) is 2.22. The lowest BCUT2D eigenvalue weighted by atomic mass is 10.2. The van der Waals surface area contributed by atoms with Gasteiger partial charge in [0.1, 0.15) is 5.82 Å². The second-order valence-electron chi connectivity index (χ2n) is 3.23. The minimum atomic E-state index is -1.12. The molecule has 0 aliphatic rings. The summed E-state index contributed by atoms with van der Waals surface area (Å²) < 4.78 is 14.0. The third-order valence-corrected chi connectivity index (χ3v) is 2.02. The molecule has 1 aromatic carbocycles. The fourth-order valence-electron chi connectivity index (χ4n) is 1.25. The van der Waals surface area contributed by atoms with E-state index in [0.29, 0.717) is 6.54 Å². The van der Waals surface area contributed by atoms with Gasteiger partial charge in [-0.1, -0.05) is 17.3 Å². The average molecular weight is 221 g/mol. The van der Waals surface area contributed by atoms with Crippen LogP contribution in [0.5, 0.6) is 0 Å². The van der Waals surface area contributed by atoms with Gasteiger partial charge in [-0.3, -0.25) is 0 Å². The van der Waals surface area contributed by atoms with Crippen molar-refractivity contribution >= 4 is 5.97 Å². The van der Waals surface area contributed by atoms with Crippen molar-refractivity contribution in [2.24, 2.45) is 0 Å². The lowest BCUT2D eigenvalue weighted by Gasteiger charge is -1.99. The normalized spacial score (nSPS) is 10.3. The Bertz CT molecular complexity index is 507. The number of carboxylic acid groups (broad SMARTS) is 1.